The van der Waals surface area contributed by atoms with E-state index in [-0.39, 0.29) is 6.61 Å². The molecule has 6 nitrogen and oxygen atoms in total. The van der Waals surface area contributed by atoms with Crippen LogP contribution < -0.4 is 21.1 Å². The molecule has 1 heterocycles. The van der Waals surface area contributed by atoms with Gasteiger partial charge >= 0.3 is 0 Å². The van der Waals surface area contributed by atoms with E-state index in [1.54, 1.807) is 11.3 Å². The number of nitrogens with zero attached hydrogens (tertiary/aromatic N) is 1. The molecule has 0 spiro atoms. The quantitative estimate of drug-likeness (QED) is 0.471. The molecule has 25 heavy (non-hydrogen) atoms. The number of ether oxygens (including phenoxy) is 1. The maximum Gasteiger partial charge on any atom is 0.255 e. The third kappa shape index (κ3) is 7.26. The molecule has 2 aromatic rings. The van der Waals surface area contributed by atoms with E-state index in [2.05, 4.69) is 27.1 Å². The lowest BCUT2D eigenvalue weighted by Gasteiger charge is -2.11. The van der Waals surface area contributed by atoms with Gasteiger partial charge in [0.15, 0.2) is 12.6 Å². The molecule has 0 aliphatic heterocycles. The van der Waals surface area contributed by atoms with Gasteiger partial charge in [-0.05, 0) is 42.5 Å². The number of hydrogen-bond donors (Lipinski definition) is 3. The number of nitrogens with two attached hydrogens (primary N) is 1. The molecule has 1 amide bonds. The minimum Gasteiger partial charge on any atom is -0.484 e. The SMILES string of the molecule is CCNC(=NCc1cccs1)NCCc1ccc(OCC(N)=O)cc1. The molecule has 0 saturated heterocycles. The van der Waals surface area contributed by atoms with Gasteiger partial charge in [0.1, 0.15) is 5.75 Å². The molecule has 7 heteroatoms. The van der Waals surface area contributed by atoms with Crippen LogP contribution in [0.3, 0.4) is 0 Å². The van der Waals surface area contributed by atoms with Crippen LogP contribution in [0, 0.1) is 0 Å². The lowest BCUT2D eigenvalue weighted by molar-refractivity contribution is -0.119. The number of carbonyl (C=O) groups excluding carboxylic acids is 1. The summed E-state index contributed by atoms with van der Waals surface area (Å²) in [6, 6.07) is 11.8. The predicted molar refractivity (Wildman–Crippen MR) is 102 cm³/mol. The maximum atomic E-state index is 10.7. The second kappa shape index (κ2) is 10.4. The maximum absolute atomic E-state index is 10.7. The summed E-state index contributed by atoms with van der Waals surface area (Å²) < 4.78 is 5.25. The first-order valence-corrected chi connectivity index (χ1v) is 9.10. The van der Waals surface area contributed by atoms with Gasteiger partial charge < -0.3 is 21.1 Å². The van der Waals surface area contributed by atoms with E-state index in [1.165, 1.54) is 10.4 Å². The van der Waals surface area contributed by atoms with Gasteiger partial charge in [0.2, 0.25) is 0 Å². The first-order chi connectivity index (χ1) is 12.2. The van der Waals surface area contributed by atoms with E-state index in [4.69, 9.17) is 10.5 Å². The Morgan fingerprint density at radius 2 is 2.04 bits per heavy atom. The zero-order valence-electron chi connectivity index (χ0n) is 14.3. The van der Waals surface area contributed by atoms with Crippen molar-refractivity contribution in [3.63, 3.8) is 0 Å². The van der Waals surface area contributed by atoms with Crippen LogP contribution in [0.2, 0.25) is 0 Å². The molecule has 0 atom stereocenters. The van der Waals surface area contributed by atoms with Crippen molar-refractivity contribution in [1.82, 2.24) is 10.6 Å². The highest BCUT2D eigenvalue weighted by molar-refractivity contribution is 7.09. The monoisotopic (exact) mass is 360 g/mol. The van der Waals surface area contributed by atoms with Gasteiger partial charge in [0, 0.05) is 18.0 Å². The summed E-state index contributed by atoms with van der Waals surface area (Å²) in [7, 11) is 0. The van der Waals surface area contributed by atoms with Crippen molar-refractivity contribution in [3.8, 4) is 5.75 Å². The summed E-state index contributed by atoms with van der Waals surface area (Å²) in [5.41, 5.74) is 6.23. The van der Waals surface area contributed by atoms with E-state index in [1.807, 2.05) is 37.3 Å². The minimum atomic E-state index is -0.480. The van der Waals surface area contributed by atoms with Crippen molar-refractivity contribution in [1.29, 1.82) is 0 Å². The van der Waals surface area contributed by atoms with Crippen LogP contribution in [-0.2, 0) is 17.8 Å². The Morgan fingerprint density at radius 3 is 2.68 bits per heavy atom. The standard InChI is InChI=1S/C18H24N4O2S/c1-2-20-18(22-12-16-4-3-11-25-16)21-10-9-14-5-7-15(8-6-14)24-13-17(19)23/h3-8,11H,2,9-10,12-13H2,1H3,(H2,19,23)(H2,20,21,22). The van der Waals surface area contributed by atoms with E-state index < -0.39 is 5.91 Å². The van der Waals surface area contributed by atoms with Crippen molar-refractivity contribution < 1.29 is 9.53 Å². The van der Waals surface area contributed by atoms with Crippen LogP contribution in [0.1, 0.15) is 17.4 Å². The minimum absolute atomic E-state index is 0.104. The molecular formula is C18H24N4O2S. The van der Waals surface area contributed by atoms with E-state index in [0.29, 0.717) is 12.3 Å². The number of thiophene rings is 1. The number of nitrogens with one attached hydrogen (secondary N) is 2. The molecule has 0 radical (unpaired) electrons. The molecule has 0 aliphatic carbocycles. The summed E-state index contributed by atoms with van der Waals surface area (Å²) in [6.45, 7) is 4.22. The van der Waals surface area contributed by atoms with Gasteiger partial charge in [-0.15, -0.1) is 11.3 Å². The largest absolute Gasteiger partial charge is 0.484 e. The highest BCUT2D eigenvalue weighted by atomic mass is 32.1. The summed E-state index contributed by atoms with van der Waals surface area (Å²) in [5, 5.41) is 8.64. The zero-order chi connectivity index (χ0) is 17.9. The van der Waals surface area contributed by atoms with Crippen molar-refractivity contribution in [2.24, 2.45) is 10.7 Å². The van der Waals surface area contributed by atoms with E-state index in [0.717, 1.165) is 25.5 Å². The van der Waals surface area contributed by atoms with Crippen molar-refractivity contribution >= 4 is 23.2 Å². The fraction of sp³-hybridized carbons (Fsp3) is 0.333. The summed E-state index contributed by atoms with van der Waals surface area (Å²) in [6.07, 6.45) is 0.861. The van der Waals surface area contributed by atoms with Crippen LogP contribution in [-0.4, -0.2) is 31.6 Å². The lowest BCUT2D eigenvalue weighted by Crippen LogP contribution is -2.38. The number of hydrogen-bond acceptors (Lipinski definition) is 4. The summed E-state index contributed by atoms with van der Waals surface area (Å²) in [5.74, 6) is 0.977. The highest BCUT2D eigenvalue weighted by Crippen LogP contribution is 2.12. The molecule has 1 aromatic carbocycles. The summed E-state index contributed by atoms with van der Waals surface area (Å²) >= 11 is 1.71. The number of benzene rings is 1. The Labute approximate surface area is 152 Å². The van der Waals surface area contributed by atoms with E-state index in [9.17, 15) is 4.79 Å². The first kappa shape index (κ1) is 18.8. The predicted octanol–water partition coefficient (Wildman–Crippen LogP) is 1.91. The smallest absolute Gasteiger partial charge is 0.255 e. The number of primary amides is 1. The van der Waals surface area contributed by atoms with Crippen LogP contribution >= 0.6 is 11.3 Å². The van der Waals surface area contributed by atoms with Gasteiger partial charge in [-0.25, -0.2) is 4.99 Å². The second-order valence-corrected chi connectivity index (χ2v) is 6.38. The Bertz CT molecular complexity index is 669. The number of aliphatic imine (C=N–C) groups is 1. The topological polar surface area (TPSA) is 88.7 Å². The normalized spacial score (nSPS) is 11.2. The molecular weight excluding hydrogens is 336 g/mol. The fourth-order valence-corrected chi connectivity index (χ4v) is 2.76. The number of rotatable bonds is 9. The molecule has 134 valence electrons. The highest BCUT2D eigenvalue weighted by Gasteiger charge is 2.01. The van der Waals surface area contributed by atoms with Gasteiger partial charge in [-0.1, -0.05) is 18.2 Å². The van der Waals surface area contributed by atoms with Crippen LogP contribution in [0.25, 0.3) is 0 Å². The number of guanidine groups is 1. The fourth-order valence-electron chi connectivity index (χ4n) is 2.13. The van der Waals surface area contributed by atoms with Gasteiger partial charge in [0.25, 0.3) is 5.91 Å². The third-order valence-electron chi connectivity index (χ3n) is 3.33. The molecule has 0 bridgehead atoms. The van der Waals surface area contributed by atoms with Gasteiger partial charge in [-0.3, -0.25) is 4.79 Å². The van der Waals surface area contributed by atoms with Gasteiger partial charge in [-0.2, -0.15) is 0 Å². The molecule has 2 rings (SSSR count). The van der Waals surface area contributed by atoms with Crippen molar-refractivity contribution in [2.45, 2.75) is 19.9 Å². The van der Waals surface area contributed by atoms with Crippen LogP contribution in [0.4, 0.5) is 0 Å². The molecule has 0 unspecified atom stereocenters. The Morgan fingerprint density at radius 1 is 1.24 bits per heavy atom. The Balaban J connectivity index is 1.78. The molecule has 0 aliphatic rings. The second-order valence-electron chi connectivity index (χ2n) is 5.35. The Hall–Kier alpha value is -2.54. The van der Waals surface area contributed by atoms with Crippen molar-refractivity contribution in [2.75, 3.05) is 19.7 Å². The lowest BCUT2D eigenvalue weighted by atomic mass is 10.1. The Kier molecular flexibility index (Phi) is 7.78. The van der Waals surface area contributed by atoms with Gasteiger partial charge in [0.05, 0.1) is 6.54 Å². The average Bonchev–Trinajstić information content (AvgIpc) is 3.12. The number of amides is 1. The molecule has 4 N–H and O–H groups in total. The molecule has 0 fully saturated rings. The van der Waals surface area contributed by atoms with Crippen LogP contribution in [0.5, 0.6) is 5.75 Å². The summed E-state index contributed by atoms with van der Waals surface area (Å²) in [4.78, 5) is 16.5. The van der Waals surface area contributed by atoms with Crippen LogP contribution in [0.15, 0.2) is 46.8 Å². The average molecular weight is 360 g/mol. The zero-order valence-corrected chi connectivity index (χ0v) is 15.1. The number of carbonyl (C=O) groups is 1. The van der Waals surface area contributed by atoms with Crippen molar-refractivity contribution in [3.05, 3.63) is 52.2 Å². The van der Waals surface area contributed by atoms with E-state index >= 15 is 0 Å². The first-order valence-electron chi connectivity index (χ1n) is 8.22. The molecule has 0 saturated carbocycles. The third-order valence-corrected chi connectivity index (χ3v) is 4.19. The molecule has 1 aromatic heterocycles.